The molecule has 2 amide bonds. The van der Waals surface area contributed by atoms with Gasteiger partial charge in [0.1, 0.15) is 12.4 Å². The van der Waals surface area contributed by atoms with E-state index in [9.17, 15) is 9.59 Å². The van der Waals surface area contributed by atoms with Crippen molar-refractivity contribution in [2.45, 2.75) is 26.7 Å². The van der Waals surface area contributed by atoms with Crippen LogP contribution in [0.15, 0.2) is 24.3 Å². The minimum Gasteiger partial charge on any atom is -0.448 e. The summed E-state index contributed by atoms with van der Waals surface area (Å²) in [6.07, 6.45) is 0.931. The first kappa shape index (κ1) is 19.1. The molecule has 0 aliphatic carbocycles. The second-order valence-corrected chi connectivity index (χ2v) is 5.16. The summed E-state index contributed by atoms with van der Waals surface area (Å²) in [5.74, 6) is 0.593. The molecule has 1 N–H and O–H groups in total. The molecule has 0 aliphatic heterocycles. The molecule has 0 unspecified atom stereocenters. The summed E-state index contributed by atoms with van der Waals surface area (Å²) in [6, 6.07) is 6.57. The maximum Gasteiger partial charge on any atom is 0.415 e. The Hall–Kier alpha value is -1.95. The second-order valence-electron chi connectivity index (χ2n) is 4.78. The van der Waals surface area contributed by atoms with E-state index in [1.807, 2.05) is 6.92 Å². The molecule has 0 radical (unpaired) electrons. The standard InChI is InChI=1S/C16H23ClN2O4/c1-3-5-10-19(4-2)16(21)23-14-8-6-7-13(12-14)18-15(20)22-11-9-17/h6-8,12H,3-5,9-11H2,1-2H3,(H,18,20). The van der Waals surface area contributed by atoms with Crippen LogP contribution in [0.1, 0.15) is 26.7 Å². The predicted octanol–water partition coefficient (Wildman–Crippen LogP) is 4.09. The van der Waals surface area contributed by atoms with Gasteiger partial charge in [-0.25, -0.2) is 9.59 Å². The minimum absolute atomic E-state index is 0.130. The van der Waals surface area contributed by atoms with E-state index in [2.05, 4.69) is 12.2 Å². The van der Waals surface area contributed by atoms with E-state index in [-0.39, 0.29) is 12.5 Å². The highest BCUT2D eigenvalue weighted by molar-refractivity contribution is 6.18. The van der Waals surface area contributed by atoms with Crippen LogP contribution in [-0.4, -0.2) is 42.7 Å². The van der Waals surface area contributed by atoms with E-state index in [4.69, 9.17) is 21.1 Å². The molecule has 0 aromatic heterocycles. The summed E-state index contributed by atoms with van der Waals surface area (Å²) in [4.78, 5) is 25.2. The number of hydrogen-bond acceptors (Lipinski definition) is 4. The van der Waals surface area contributed by atoms with Crippen molar-refractivity contribution in [2.75, 3.05) is 30.9 Å². The Morgan fingerprint density at radius 1 is 1.30 bits per heavy atom. The Bertz CT molecular complexity index is 511. The molecule has 0 fully saturated rings. The first-order valence-electron chi connectivity index (χ1n) is 7.67. The molecule has 0 aliphatic rings. The van der Waals surface area contributed by atoms with Crippen LogP contribution in [0.2, 0.25) is 0 Å². The van der Waals surface area contributed by atoms with E-state index >= 15 is 0 Å². The average molecular weight is 343 g/mol. The van der Waals surface area contributed by atoms with E-state index in [1.54, 1.807) is 29.2 Å². The van der Waals surface area contributed by atoms with Gasteiger partial charge in [-0.2, -0.15) is 0 Å². The van der Waals surface area contributed by atoms with Gasteiger partial charge in [0, 0.05) is 24.8 Å². The fourth-order valence-electron chi connectivity index (χ4n) is 1.82. The molecule has 1 rings (SSSR count). The second kappa shape index (κ2) is 10.7. The number of carbonyl (C=O) groups is 2. The van der Waals surface area contributed by atoms with E-state index in [1.165, 1.54) is 0 Å². The summed E-state index contributed by atoms with van der Waals surface area (Å²) in [7, 11) is 0. The normalized spacial score (nSPS) is 10.0. The van der Waals surface area contributed by atoms with Crippen molar-refractivity contribution in [1.29, 1.82) is 0 Å². The van der Waals surface area contributed by atoms with Crippen molar-refractivity contribution in [1.82, 2.24) is 4.90 Å². The number of nitrogens with one attached hydrogen (secondary N) is 1. The molecule has 0 spiro atoms. The number of carbonyl (C=O) groups excluding carboxylic acids is 2. The molecule has 0 atom stereocenters. The van der Waals surface area contributed by atoms with Crippen molar-refractivity contribution < 1.29 is 19.1 Å². The molecule has 0 bridgehead atoms. The monoisotopic (exact) mass is 342 g/mol. The zero-order valence-electron chi connectivity index (χ0n) is 13.5. The number of nitrogens with zero attached hydrogens (tertiary/aromatic N) is 1. The van der Waals surface area contributed by atoms with Crippen LogP contribution in [0.4, 0.5) is 15.3 Å². The Morgan fingerprint density at radius 3 is 2.74 bits per heavy atom. The lowest BCUT2D eigenvalue weighted by Crippen LogP contribution is -2.34. The van der Waals surface area contributed by atoms with Gasteiger partial charge in [0.15, 0.2) is 0 Å². The van der Waals surface area contributed by atoms with Gasteiger partial charge >= 0.3 is 12.2 Å². The van der Waals surface area contributed by atoms with Crippen molar-refractivity contribution in [2.24, 2.45) is 0 Å². The third-order valence-corrected chi connectivity index (χ3v) is 3.17. The molecule has 0 heterocycles. The van der Waals surface area contributed by atoms with Gasteiger partial charge in [0.25, 0.3) is 0 Å². The SMILES string of the molecule is CCCCN(CC)C(=O)Oc1cccc(NC(=O)OCCCl)c1. The summed E-state index contributed by atoms with van der Waals surface area (Å²) in [6.45, 7) is 5.35. The molecule has 0 saturated heterocycles. The van der Waals surface area contributed by atoms with Gasteiger partial charge < -0.3 is 14.4 Å². The lowest BCUT2D eigenvalue weighted by atomic mass is 10.3. The highest BCUT2D eigenvalue weighted by Gasteiger charge is 2.14. The molecule has 7 heteroatoms. The van der Waals surface area contributed by atoms with E-state index in [0.717, 1.165) is 12.8 Å². The topological polar surface area (TPSA) is 67.9 Å². The van der Waals surface area contributed by atoms with Crippen molar-refractivity contribution >= 4 is 29.5 Å². The van der Waals surface area contributed by atoms with Crippen LogP contribution in [-0.2, 0) is 4.74 Å². The third-order valence-electron chi connectivity index (χ3n) is 3.02. The Kier molecular flexibility index (Phi) is 8.90. The Morgan fingerprint density at radius 2 is 2.09 bits per heavy atom. The van der Waals surface area contributed by atoms with Gasteiger partial charge in [-0.15, -0.1) is 11.6 Å². The zero-order valence-corrected chi connectivity index (χ0v) is 14.3. The molecule has 1 aromatic rings. The van der Waals surface area contributed by atoms with Crippen molar-refractivity contribution in [3.8, 4) is 5.75 Å². The summed E-state index contributed by atoms with van der Waals surface area (Å²) in [5, 5.41) is 2.54. The number of ether oxygens (including phenoxy) is 2. The smallest absolute Gasteiger partial charge is 0.415 e. The summed E-state index contributed by atoms with van der Waals surface area (Å²) >= 11 is 5.44. The molecule has 23 heavy (non-hydrogen) atoms. The number of benzene rings is 1. The van der Waals surface area contributed by atoms with Crippen LogP contribution in [0, 0.1) is 0 Å². The molecule has 6 nitrogen and oxygen atoms in total. The molecule has 1 aromatic carbocycles. The highest BCUT2D eigenvalue weighted by Crippen LogP contribution is 2.18. The number of hydrogen-bond donors (Lipinski definition) is 1. The predicted molar refractivity (Wildman–Crippen MR) is 90.3 cm³/mol. The first-order valence-corrected chi connectivity index (χ1v) is 8.20. The lowest BCUT2D eigenvalue weighted by Gasteiger charge is -2.20. The number of halogens is 1. The van der Waals surface area contributed by atoms with Gasteiger partial charge in [-0.05, 0) is 25.5 Å². The number of amides is 2. The van der Waals surface area contributed by atoms with Gasteiger partial charge in [-0.1, -0.05) is 19.4 Å². The zero-order chi connectivity index (χ0) is 17.1. The van der Waals surface area contributed by atoms with Crippen LogP contribution in [0.3, 0.4) is 0 Å². The number of rotatable bonds is 8. The van der Waals surface area contributed by atoms with Crippen molar-refractivity contribution in [3.05, 3.63) is 24.3 Å². The third kappa shape index (κ3) is 7.23. The van der Waals surface area contributed by atoms with Crippen LogP contribution in [0.25, 0.3) is 0 Å². The summed E-state index contributed by atoms with van der Waals surface area (Å²) < 4.78 is 10.2. The fourth-order valence-corrected chi connectivity index (χ4v) is 1.89. The van der Waals surface area contributed by atoms with Gasteiger partial charge in [-0.3, -0.25) is 5.32 Å². The maximum absolute atomic E-state index is 12.1. The maximum atomic E-state index is 12.1. The minimum atomic E-state index is -0.604. The van der Waals surface area contributed by atoms with Crippen LogP contribution in [0.5, 0.6) is 5.75 Å². The molecular weight excluding hydrogens is 320 g/mol. The average Bonchev–Trinajstić information content (AvgIpc) is 2.54. The Labute approximate surface area is 141 Å². The van der Waals surface area contributed by atoms with Crippen molar-refractivity contribution in [3.63, 3.8) is 0 Å². The fraction of sp³-hybridized carbons (Fsp3) is 0.500. The number of anilines is 1. The quantitative estimate of drug-likeness (QED) is 0.722. The van der Waals surface area contributed by atoms with E-state index in [0.29, 0.717) is 24.5 Å². The molecule has 128 valence electrons. The van der Waals surface area contributed by atoms with Crippen LogP contribution >= 0.6 is 11.6 Å². The van der Waals surface area contributed by atoms with Crippen LogP contribution < -0.4 is 10.1 Å². The lowest BCUT2D eigenvalue weighted by molar-refractivity contribution is 0.154. The first-order chi connectivity index (χ1) is 11.1. The largest absolute Gasteiger partial charge is 0.448 e. The highest BCUT2D eigenvalue weighted by atomic mass is 35.5. The van der Waals surface area contributed by atoms with Gasteiger partial charge in [0.2, 0.25) is 0 Å². The molecular formula is C16H23ClN2O4. The Balaban J connectivity index is 2.61. The van der Waals surface area contributed by atoms with Gasteiger partial charge in [0.05, 0.1) is 5.88 Å². The number of unbranched alkanes of at least 4 members (excludes halogenated alkanes) is 1. The van der Waals surface area contributed by atoms with E-state index < -0.39 is 12.2 Å². The molecule has 0 saturated carbocycles. The number of alkyl halides is 1. The summed E-state index contributed by atoms with van der Waals surface area (Å²) in [5.41, 5.74) is 0.478.